The first-order valence-electron chi connectivity index (χ1n) is 5.40. The smallest absolute Gasteiger partial charge is 0.322 e. The quantitative estimate of drug-likeness (QED) is 0.568. The Morgan fingerprint density at radius 1 is 1.67 bits per heavy atom. The van der Waals surface area contributed by atoms with Gasteiger partial charge in [-0.3, -0.25) is 14.9 Å². The predicted molar refractivity (Wildman–Crippen MR) is 62.5 cm³/mol. The standard InChI is InChI=1S/C10H12N4O4/c15-10(16)7-6-13(5-4-11-7)9-8(14(17)18)2-1-3-12-9/h1-3,7,11H,4-6H2,(H,15,16). The van der Waals surface area contributed by atoms with Gasteiger partial charge in [0.2, 0.25) is 5.82 Å². The molecule has 1 aromatic heterocycles. The fraction of sp³-hybridized carbons (Fsp3) is 0.400. The molecule has 8 heteroatoms. The Hall–Kier alpha value is -2.22. The number of pyridine rings is 1. The highest BCUT2D eigenvalue weighted by Gasteiger charge is 2.29. The maximum absolute atomic E-state index is 10.9. The Bertz CT molecular complexity index is 479. The molecule has 0 aliphatic carbocycles. The normalized spacial score (nSPS) is 19.6. The molecule has 1 atom stereocenters. The summed E-state index contributed by atoms with van der Waals surface area (Å²) in [5.41, 5.74) is -0.108. The third-order valence-corrected chi connectivity index (χ3v) is 2.74. The first kappa shape index (κ1) is 12.2. The topological polar surface area (TPSA) is 109 Å². The summed E-state index contributed by atoms with van der Waals surface area (Å²) in [5, 5.41) is 22.7. The molecule has 2 heterocycles. The molecule has 1 fully saturated rings. The second-order valence-electron chi connectivity index (χ2n) is 3.89. The molecule has 0 saturated carbocycles. The number of hydrogen-bond donors (Lipinski definition) is 2. The van der Waals surface area contributed by atoms with Gasteiger partial charge in [0.15, 0.2) is 0 Å². The van der Waals surface area contributed by atoms with Gasteiger partial charge in [-0.2, -0.15) is 0 Å². The van der Waals surface area contributed by atoms with Crippen molar-refractivity contribution in [2.24, 2.45) is 0 Å². The van der Waals surface area contributed by atoms with Gasteiger partial charge in [-0.15, -0.1) is 0 Å². The van der Waals surface area contributed by atoms with Gasteiger partial charge in [0.05, 0.1) is 4.92 Å². The zero-order valence-electron chi connectivity index (χ0n) is 9.44. The van der Waals surface area contributed by atoms with Crippen molar-refractivity contribution < 1.29 is 14.8 Å². The summed E-state index contributed by atoms with van der Waals surface area (Å²) in [7, 11) is 0. The molecule has 1 aromatic rings. The van der Waals surface area contributed by atoms with Gasteiger partial charge in [-0.25, -0.2) is 4.98 Å². The number of piperazine rings is 1. The Balaban J connectivity index is 2.26. The number of aromatic nitrogens is 1. The molecule has 96 valence electrons. The van der Waals surface area contributed by atoms with Gasteiger partial charge < -0.3 is 15.3 Å². The third kappa shape index (κ3) is 2.38. The van der Waals surface area contributed by atoms with Crippen LogP contribution in [0.15, 0.2) is 18.3 Å². The minimum Gasteiger partial charge on any atom is -0.480 e. The zero-order valence-corrected chi connectivity index (χ0v) is 9.44. The number of rotatable bonds is 3. The highest BCUT2D eigenvalue weighted by atomic mass is 16.6. The van der Waals surface area contributed by atoms with Crippen LogP contribution >= 0.6 is 0 Å². The molecule has 0 amide bonds. The minimum atomic E-state index is -0.974. The van der Waals surface area contributed by atoms with Crippen LogP contribution in [-0.4, -0.2) is 46.7 Å². The molecule has 18 heavy (non-hydrogen) atoms. The second kappa shape index (κ2) is 4.96. The molecule has 1 unspecified atom stereocenters. The average Bonchev–Trinajstić information content (AvgIpc) is 2.39. The molecular formula is C10H12N4O4. The summed E-state index contributed by atoms with van der Waals surface area (Å²) in [6, 6.07) is 2.11. The number of nitrogens with one attached hydrogen (secondary N) is 1. The number of hydrogen-bond acceptors (Lipinski definition) is 6. The molecule has 0 aromatic carbocycles. The van der Waals surface area contributed by atoms with Crippen LogP contribution in [-0.2, 0) is 4.79 Å². The van der Waals surface area contributed by atoms with Gasteiger partial charge in [0, 0.05) is 31.9 Å². The number of carbonyl (C=O) groups is 1. The molecule has 2 N–H and O–H groups in total. The van der Waals surface area contributed by atoms with E-state index in [0.717, 1.165) is 0 Å². The van der Waals surface area contributed by atoms with E-state index in [9.17, 15) is 14.9 Å². The van der Waals surface area contributed by atoms with Gasteiger partial charge in [0.25, 0.3) is 0 Å². The fourth-order valence-corrected chi connectivity index (χ4v) is 1.88. The van der Waals surface area contributed by atoms with E-state index >= 15 is 0 Å². The van der Waals surface area contributed by atoms with E-state index in [4.69, 9.17) is 5.11 Å². The number of carboxylic acids is 1. The van der Waals surface area contributed by atoms with E-state index in [2.05, 4.69) is 10.3 Å². The summed E-state index contributed by atoms with van der Waals surface area (Å²) >= 11 is 0. The maximum atomic E-state index is 10.9. The fourth-order valence-electron chi connectivity index (χ4n) is 1.88. The van der Waals surface area contributed by atoms with Gasteiger partial charge in [0.1, 0.15) is 6.04 Å². The van der Waals surface area contributed by atoms with Crippen molar-refractivity contribution in [3.8, 4) is 0 Å². The van der Waals surface area contributed by atoms with Crippen LogP contribution in [0.3, 0.4) is 0 Å². The number of aliphatic carboxylic acids is 1. The molecular weight excluding hydrogens is 240 g/mol. The maximum Gasteiger partial charge on any atom is 0.322 e. The average molecular weight is 252 g/mol. The van der Waals surface area contributed by atoms with E-state index in [1.165, 1.54) is 18.3 Å². The molecule has 1 aliphatic heterocycles. The SMILES string of the molecule is O=C(O)C1CN(c2ncccc2[N+](=O)[O-])CCN1. The summed E-state index contributed by atoms with van der Waals surface area (Å²) in [5.74, 6) is -0.756. The van der Waals surface area contributed by atoms with Crippen molar-refractivity contribution in [2.75, 3.05) is 24.5 Å². The lowest BCUT2D eigenvalue weighted by Gasteiger charge is -2.31. The number of nitrogens with zero attached hydrogens (tertiary/aromatic N) is 3. The van der Waals surface area contributed by atoms with E-state index in [-0.39, 0.29) is 18.1 Å². The van der Waals surface area contributed by atoms with Crippen molar-refractivity contribution in [1.29, 1.82) is 0 Å². The van der Waals surface area contributed by atoms with Crippen molar-refractivity contribution >= 4 is 17.5 Å². The van der Waals surface area contributed by atoms with Crippen LogP contribution in [0.5, 0.6) is 0 Å². The van der Waals surface area contributed by atoms with E-state index in [0.29, 0.717) is 13.1 Å². The van der Waals surface area contributed by atoms with Gasteiger partial charge >= 0.3 is 11.7 Å². The highest BCUT2D eigenvalue weighted by Crippen LogP contribution is 2.25. The van der Waals surface area contributed by atoms with Crippen LogP contribution in [0.4, 0.5) is 11.5 Å². The number of nitro groups is 1. The van der Waals surface area contributed by atoms with Crippen LogP contribution < -0.4 is 10.2 Å². The van der Waals surface area contributed by atoms with Crippen molar-refractivity contribution in [2.45, 2.75) is 6.04 Å². The lowest BCUT2D eigenvalue weighted by Crippen LogP contribution is -2.54. The summed E-state index contributed by atoms with van der Waals surface area (Å²) < 4.78 is 0. The Kier molecular flexibility index (Phi) is 3.38. The molecule has 0 spiro atoms. The molecule has 0 radical (unpaired) electrons. The third-order valence-electron chi connectivity index (χ3n) is 2.74. The van der Waals surface area contributed by atoms with Crippen molar-refractivity contribution in [1.82, 2.24) is 10.3 Å². The van der Waals surface area contributed by atoms with Crippen molar-refractivity contribution in [3.63, 3.8) is 0 Å². The van der Waals surface area contributed by atoms with Crippen LogP contribution in [0.25, 0.3) is 0 Å². The lowest BCUT2D eigenvalue weighted by molar-refractivity contribution is -0.384. The largest absolute Gasteiger partial charge is 0.480 e. The van der Waals surface area contributed by atoms with E-state index in [1.807, 2.05) is 0 Å². The first-order valence-corrected chi connectivity index (χ1v) is 5.40. The molecule has 2 rings (SSSR count). The van der Waals surface area contributed by atoms with Gasteiger partial charge in [-0.05, 0) is 6.07 Å². The van der Waals surface area contributed by atoms with Crippen molar-refractivity contribution in [3.05, 3.63) is 28.4 Å². The second-order valence-corrected chi connectivity index (χ2v) is 3.89. The number of anilines is 1. The Morgan fingerprint density at radius 2 is 2.44 bits per heavy atom. The predicted octanol–water partition coefficient (Wildman–Crippen LogP) is -0.147. The molecule has 8 nitrogen and oxygen atoms in total. The van der Waals surface area contributed by atoms with Crippen LogP contribution in [0.2, 0.25) is 0 Å². The van der Waals surface area contributed by atoms with Crippen LogP contribution in [0, 0.1) is 10.1 Å². The number of carboxylic acid groups (broad SMARTS) is 1. The summed E-state index contributed by atoms with van der Waals surface area (Å²) in [4.78, 5) is 26.9. The first-order chi connectivity index (χ1) is 8.59. The molecule has 0 bridgehead atoms. The van der Waals surface area contributed by atoms with E-state index < -0.39 is 16.9 Å². The van der Waals surface area contributed by atoms with E-state index in [1.54, 1.807) is 4.90 Å². The molecule has 1 aliphatic rings. The molecule has 1 saturated heterocycles. The summed E-state index contributed by atoms with van der Waals surface area (Å²) in [6.45, 7) is 1.10. The minimum absolute atomic E-state index is 0.108. The highest BCUT2D eigenvalue weighted by molar-refractivity contribution is 5.75. The zero-order chi connectivity index (χ0) is 13.1. The Morgan fingerprint density at radius 3 is 3.11 bits per heavy atom. The lowest BCUT2D eigenvalue weighted by atomic mass is 10.2. The van der Waals surface area contributed by atoms with Crippen LogP contribution in [0.1, 0.15) is 0 Å². The summed E-state index contributed by atoms with van der Waals surface area (Å²) in [6.07, 6.45) is 1.46. The Labute approximate surface area is 102 Å². The van der Waals surface area contributed by atoms with Gasteiger partial charge in [-0.1, -0.05) is 0 Å². The monoisotopic (exact) mass is 252 g/mol.